The first kappa shape index (κ1) is 16.7. The molecular formula is C16H18BrIN2O. The van der Waals surface area contributed by atoms with E-state index in [1.54, 1.807) is 6.20 Å². The largest absolute Gasteiger partial charge is 0.489 e. The van der Waals surface area contributed by atoms with Crippen LogP contribution in [-0.2, 0) is 0 Å². The van der Waals surface area contributed by atoms with E-state index in [0.717, 1.165) is 15.8 Å². The topological polar surface area (TPSA) is 34.2 Å². The molecule has 0 amide bonds. The van der Waals surface area contributed by atoms with Gasteiger partial charge in [0.2, 0.25) is 0 Å². The van der Waals surface area contributed by atoms with E-state index < -0.39 is 0 Å². The van der Waals surface area contributed by atoms with E-state index in [-0.39, 0.29) is 12.1 Å². The average molecular weight is 461 g/mol. The summed E-state index contributed by atoms with van der Waals surface area (Å²) in [5.41, 5.74) is 2.27. The molecule has 0 aliphatic rings. The molecule has 1 atom stereocenters. The lowest BCUT2D eigenvalue weighted by Crippen LogP contribution is -2.19. The minimum absolute atomic E-state index is 0.0669. The van der Waals surface area contributed by atoms with Crippen LogP contribution >= 0.6 is 38.5 Å². The van der Waals surface area contributed by atoms with Crippen LogP contribution < -0.4 is 10.1 Å². The number of hydrogen-bond donors (Lipinski definition) is 1. The Kier molecular flexibility index (Phi) is 6.01. The predicted octanol–water partition coefficient (Wildman–Crippen LogP) is 4.54. The van der Waals surface area contributed by atoms with Gasteiger partial charge in [0.25, 0.3) is 0 Å². The van der Waals surface area contributed by atoms with Gasteiger partial charge < -0.3 is 10.1 Å². The summed E-state index contributed by atoms with van der Waals surface area (Å²) in [5, 5.41) is 3.35. The van der Waals surface area contributed by atoms with Gasteiger partial charge in [-0.25, -0.2) is 0 Å². The van der Waals surface area contributed by atoms with Crippen LogP contribution in [0, 0.1) is 3.57 Å². The number of pyridine rings is 1. The predicted molar refractivity (Wildman–Crippen MR) is 97.8 cm³/mol. The van der Waals surface area contributed by atoms with E-state index in [0.29, 0.717) is 0 Å². The zero-order chi connectivity index (χ0) is 15.4. The van der Waals surface area contributed by atoms with Crippen LogP contribution in [0.5, 0.6) is 5.75 Å². The summed E-state index contributed by atoms with van der Waals surface area (Å²) < 4.78 is 8.02. The summed E-state index contributed by atoms with van der Waals surface area (Å²) in [6.07, 6.45) is 3.76. The van der Waals surface area contributed by atoms with Crippen molar-refractivity contribution in [3.63, 3.8) is 0 Å². The monoisotopic (exact) mass is 460 g/mol. The maximum Gasteiger partial charge on any atom is 0.138 e. The SMILES string of the molecule is CNC(c1cncc(OC(C)C)c1)c1cc(I)ccc1Br. The van der Waals surface area contributed by atoms with Crippen molar-refractivity contribution < 1.29 is 4.74 Å². The van der Waals surface area contributed by atoms with E-state index in [2.05, 4.69) is 67.0 Å². The molecule has 0 aliphatic carbocycles. The molecule has 1 N–H and O–H groups in total. The van der Waals surface area contributed by atoms with Gasteiger partial charge in [-0.2, -0.15) is 0 Å². The molecule has 21 heavy (non-hydrogen) atoms. The number of halogens is 2. The first-order valence-corrected chi connectivity index (χ1v) is 8.62. The zero-order valence-electron chi connectivity index (χ0n) is 12.2. The highest BCUT2D eigenvalue weighted by Crippen LogP contribution is 2.31. The normalized spacial score (nSPS) is 12.5. The molecule has 0 spiro atoms. The fourth-order valence-electron chi connectivity index (χ4n) is 2.17. The molecule has 3 nitrogen and oxygen atoms in total. The first-order valence-electron chi connectivity index (χ1n) is 6.75. The zero-order valence-corrected chi connectivity index (χ0v) is 16.0. The Bertz CT molecular complexity index is 619. The molecule has 0 fully saturated rings. The first-order chi connectivity index (χ1) is 10.0. The maximum absolute atomic E-state index is 5.74. The molecule has 0 saturated carbocycles. The summed E-state index contributed by atoms with van der Waals surface area (Å²) in [7, 11) is 1.95. The quantitative estimate of drug-likeness (QED) is 0.665. The van der Waals surface area contributed by atoms with Gasteiger partial charge in [-0.3, -0.25) is 4.98 Å². The number of aromatic nitrogens is 1. The van der Waals surface area contributed by atoms with E-state index >= 15 is 0 Å². The second-order valence-corrected chi connectivity index (χ2v) is 7.11. The third kappa shape index (κ3) is 4.40. The number of hydrogen-bond acceptors (Lipinski definition) is 3. The van der Waals surface area contributed by atoms with Crippen molar-refractivity contribution in [1.82, 2.24) is 10.3 Å². The lowest BCUT2D eigenvalue weighted by molar-refractivity contribution is 0.241. The Morgan fingerprint density at radius 2 is 2.00 bits per heavy atom. The van der Waals surface area contributed by atoms with E-state index in [1.807, 2.05) is 33.2 Å². The molecule has 0 saturated heterocycles. The van der Waals surface area contributed by atoms with Crippen LogP contribution in [0.1, 0.15) is 31.0 Å². The number of benzene rings is 1. The molecule has 0 bridgehead atoms. The van der Waals surface area contributed by atoms with Gasteiger partial charge in [0.15, 0.2) is 0 Å². The van der Waals surface area contributed by atoms with Gasteiger partial charge in [-0.05, 0) is 78.9 Å². The average Bonchev–Trinajstić information content (AvgIpc) is 2.43. The molecule has 0 aliphatic heterocycles. The van der Waals surface area contributed by atoms with Gasteiger partial charge in [0, 0.05) is 14.2 Å². The molecule has 1 aromatic heterocycles. The molecule has 112 valence electrons. The minimum Gasteiger partial charge on any atom is -0.489 e. The van der Waals surface area contributed by atoms with Crippen LogP contribution in [0.2, 0.25) is 0 Å². The Balaban J connectivity index is 2.39. The second-order valence-electron chi connectivity index (χ2n) is 5.01. The molecule has 1 aromatic carbocycles. The Labute approximate surface area is 147 Å². The molecule has 0 radical (unpaired) electrons. The fraction of sp³-hybridized carbons (Fsp3) is 0.312. The number of nitrogens with zero attached hydrogens (tertiary/aromatic N) is 1. The van der Waals surface area contributed by atoms with Crippen molar-refractivity contribution in [2.75, 3.05) is 7.05 Å². The highest BCUT2D eigenvalue weighted by Gasteiger charge is 2.16. The van der Waals surface area contributed by atoms with Crippen LogP contribution in [0.3, 0.4) is 0 Å². The molecule has 2 aromatic rings. The maximum atomic E-state index is 5.74. The Morgan fingerprint density at radius 3 is 2.67 bits per heavy atom. The van der Waals surface area contributed by atoms with Gasteiger partial charge in [0.1, 0.15) is 5.75 Å². The summed E-state index contributed by atoms with van der Waals surface area (Å²) in [4.78, 5) is 4.30. The van der Waals surface area contributed by atoms with Crippen LogP contribution in [0.4, 0.5) is 0 Å². The number of ether oxygens (including phenoxy) is 1. The van der Waals surface area contributed by atoms with Crippen LogP contribution in [0.25, 0.3) is 0 Å². The molecule has 1 heterocycles. The van der Waals surface area contributed by atoms with Crippen molar-refractivity contribution >= 4 is 38.5 Å². The van der Waals surface area contributed by atoms with Gasteiger partial charge >= 0.3 is 0 Å². The van der Waals surface area contributed by atoms with Crippen LogP contribution in [0.15, 0.2) is 41.1 Å². The smallest absolute Gasteiger partial charge is 0.138 e. The Hall–Kier alpha value is -0.660. The lowest BCUT2D eigenvalue weighted by atomic mass is 10.0. The molecule has 5 heteroatoms. The highest BCUT2D eigenvalue weighted by atomic mass is 127. The van der Waals surface area contributed by atoms with Crippen molar-refractivity contribution in [3.05, 3.63) is 55.8 Å². The highest BCUT2D eigenvalue weighted by molar-refractivity contribution is 14.1. The third-order valence-corrected chi connectivity index (χ3v) is 4.39. The fourth-order valence-corrected chi connectivity index (χ4v) is 3.16. The van der Waals surface area contributed by atoms with Gasteiger partial charge in [0.05, 0.1) is 18.3 Å². The van der Waals surface area contributed by atoms with Crippen molar-refractivity contribution in [1.29, 1.82) is 0 Å². The van der Waals surface area contributed by atoms with Crippen LogP contribution in [-0.4, -0.2) is 18.1 Å². The number of rotatable bonds is 5. The van der Waals surface area contributed by atoms with Crippen molar-refractivity contribution in [2.24, 2.45) is 0 Å². The molecule has 2 rings (SSSR count). The van der Waals surface area contributed by atoms with Crippen molar-refractivity contribution in [3.8, 4) is 5.75 Å². The van der Waals surface area contributed by atoms with E-state index in [4.69, 9.17) is 4.74 Å². The Morgan fingerprint density at radius 1 is 1.24 bits per heavy atom. The van der Waals surface area contributed by atoms with E-state index in [9.17, 15) is 0 Å². The lowest BCUT2D eigenvalue weighted by Gasteiger charge is -2.20. The van der Waals surface area contributed by atoms with Gasteiger partial charge in [-0.15, -0.1) is 0 Å². The van der Waals surface area contributed by atoms with Crippen molar-refractivity contribution in [2.45, 2.75) is 26.0 Å². The second kappa shape index (κ2) is 7.56. The third-order valence-electron chi connectivity index (χ3n) is 3.00. The summed E-state index contributed by atoms with van der Waals surface area (Å²) in [6.45, 7) is 4.02. The summed E-state index contributed by atoms with van der Waals surface area (Å²) in [6, 6.07) is 8.43. The standard InChI is InChI=1S/C16H18BrIN2O/c1-10(2)21-13-6-11(8-20-9-13)16(19-3)14-7-12(18)4-5-15(14)17/h4-10,16,19H,1-3H3. The molecular weight excluding hydrogens is 443 g/mol. The molecule has 1 unspecified atom stereocenters. The summed E-state index contributed by atoms with van der Waals surface area (Å²) in [5.74, 6) is 0.796. The number of nitrogens with one attached hydrogen (secondary N) is 1. The summed E-state index contributed by atoms with van der Waals surface area (Å²) >= 11 is 5.96. The van der Waals surface area contributed by atoms with Gasteiger partial charge in [-0.1, -0.05) is 15.9 Å². The minimum atomic E-state index is 0.0669. The van der Waals surface area contributed by atoms with E-state index in [1.165, 1.54) is 9.13 Å².